The second-order valence-corrected chi connectivity index (χ2v) is 5.59. The highest BCUT2D eigenvalue weighted by molar-refractivity contribution is 8.45. The number of rotatable bonds is 2. The van der Waals surface area contributed by atoms with E-state index in [-0.39, 0.29) is 24.3 Å². The summed E-state index contributed by atoms with van der Waals surface area (Å²) in [6, 6.07) is 0.512. The smallest absolute Gasteiger partial charge is 0.191 e. The lowest BCUT2D eigenvalue weighted by atomic mass is 10.1. The molecular formula is C8H4F7NS. The van der Waals surface area contributed by atoms with Crippen molar-refractivity contribution in [3.8, 4) is 6.07 Å². The van der Waals surface area contributed by atoms with Gasteiger partial charge in [-0.2, -0.15) is 14.0 Å². The molecule has 0 N–H and O–H groups in total. The Kier molecular flexibility index (Phi) is 2.30. The van der Waals surface area contributed by atoms with E-state index in [4.69, 9.17) is 5.26 Å². The Balaban J connectivity index is 3.30. The van der Waals surface area contributed by atoms with Crippen molar-refractivity contribution in [1.29, 1.82) is 5.26 Å². The Hall–Kier alpha value is -1.43. The first-order valence-corrected chi connectivity index (χ1v) is 5.85. The van der Waals surface area contributed by atoms with Crippen LogP contribution >= 0.6 is 10.2 Å². The molecule has 1 aromatic rings. The van der Waals surface area contributed by atoms with Gasteiger partial charge in [0, 0.05) is 5.56 Å². The van der Waals surface area contributed by atoms with E-state index in [1.165, 1.54) is 0 Å². The van der Waals surface area contributed by atoms with Crippen molar-refractivity contribution in [2.24, 2.45) is 0 Å². The predicted molar refractivity (Wildman–Crippen MR) is 47.3 cm³/mol. The molecule has 0 saturated heterocycles. The average Bonchev–Trinajstić information content (AvgIpc) is 2.15. The largest absolute Gasteiger partial charge is 0.357 e. The molecule has 9 heteroatoms. The molecule has 0 bridgehead atoms. The molecule has 1 nitrogen and oxygen atoms in total. The molecule has 0 radical (unpaired) electrons. The highest BCUT2D eigenvalue weighted by Crippen LogP contribution is 3.02. The van der Waals surface area contributed by atoms with E-state index in [2.05, 4.69) is 0 Å². The average molecular weight is 279 g/mol. The first kappa shape index (κ1) is 13.6. The highest BCUT2D eigenvalue weighted by Gasteiger charge is 2.65. The molecule has 0 fully saturated rings. The zero-order valence-corrected chi connectivity index (χ0v) is 8.63. The minimum Gasteiger partial charge on any atom is -0.191 e. The number of alkyl halides is 2. The van der Waals surface area contributed by atoms with Gasteiger partial charge in [-0.3, -0.25) is 0 Å². The number of hydrogen-bond acceptors (Lipinski definition) is 1. The van der Waals surface area contributed by atoms with Gasteiger partial charge in [-0.25, -0.2) is 0 Å². The SMILES string of the molecule is N#CC(F)(F)c1ccc(S(F)(F)(F)(F)F)cc1. The normalized spacial score (nSPS) is 16.8. The van der Waals surface area contributed by atoms with Crippen molar-refractivity contribution < 1.29 is 28.2 Å². The van der Waals surface area contributed by atoms with Crippen LogP contribution in [0.2, 0.25) is 0 Å². The second-order valence-electron chi connectivity index (χ2n) is 3.18. The molecular weight excluding hydrogens is 275 g/mol. The van der Waals surface area contributed by atoms with E-state index in [0.717, 1.165) is 0 Å². The van der Waals surface area contributed by atoms with Crippen LogP contribution in [0.25, 0.3) is 0 Å². The molecule has 0 unspecified atom stereocenters. The van der Waals surface area contributed by atoms with E-state index in [0.29, 0.717) is 6.07 Å². The summed E-state index contributed by atoms with van der Waals surface area (Å²) in [4.78, 5) is -2.28. The van der Waals surface area contributed by atoms with Gasteiger partial charge >= 0.3 is 16.1 Å². The zero-order valence-electron chi connectivity index (χ0n) is 7.81. The van der Waals surface area contributed by atoms with Crippen molar-refractivity contribution >= 4 is 10.2 Å². The monoisotopic (exact) mass is 279 g/mol. The van der Waals surface area contributed by atoms with Crippen LogP contribution in [0.3, 0.4) is 0 Å². The van der Waals surface area contributed by atoms with Crippen LogP contribution in [0.1, 0.15) is 5.56 Å². The molecule has 1 rings (SSSR count). The van der Waals surface area contributed by atoms with Gasteiger partial charge in [-0.05, 0) is 12.1 Å². The molecule has 0 aliphatic carbocycles. The van der Waals surface area contributed by atoms with E-state index >= 15 is 0 Å². The quantitative estimate of drug-likeness (QED) is 0.702. The lowest BCUT2D eigenvalue weighted by Gasteiger charge is -2.40. The van der Waals surface area contributed by atoms with Crippen molar-refractivity contribution in [2.45, 2.75) is 10.8 Å². The van der Waals surface area contributed by atoms with Crippen molar-refractivity contribution in [3.63, 3.8) is 0 Å². The third-order valence-corrected chi connectivity index (χ3v) is 2.97. The number of nitriles is 1. The standard InChI is InChI=1S/C8H4F7NS/c9-8(10,5-16)6-1-3-7(4-2-6)17(11,12,13,14)15/h1-4H. The minimum atomic E-state index is -9.86. The summed E-state index contributed by atoms with van der Waals surface area (Å²) in [6.45, 7) is 0. The molecule has 17 heavy (non-hydrogen) atoms. The van der Waals surface area contributed by atoms with Crippen LogP contribution < -0.4 is 0 Å². The summed E-state index contributed by atoms with van der Waals surface area (Å²) >= 11 is 0. The van der Waals surface area contributed by atoms with Crippen LogP contribution in [0.15, 0.2) is 29.2 Å². The maximum Gasteiger partial charge on any atom is 0.357 e. The summed E-state index contributed by atoms with van der Waals surface area (Å²) in [5.74, 6) is -4.02. The van der Waals surface area contributed by atoms with E-state index < -0.39 is 26.6 Å². The number of nitrogens with zero attached hydrogens (tertiary/aromatic N) is 1. The Morgan fingerprint density at radius 1 is 0.941 bits per heavy atom. The molecule has 1 aromatic carbocycles. The van der Waals surface area contributed by atoms with Crippen LogP contribution in [-0.2, 0) is 5.92 Å². The summed E-state index contributed by atoms with van der Waals surface area (Å²) in [7, 11) is -9.86. The second kappa shape index (κ2) is 2.87. The van der Waals surface area contributed by atoms with E-state index in [9.17, 15) is 28.2 Å². The topological polar surface area (TPSA) is 23.8 Å². The summed E-state index contributed by atoms with van der Waals surface area (Å²) in [5, 5.41) is 8.02. The molecule has 0 aliphatic heterocycles. The molecule has 0 aromatic heterocycles. The van der Waals surface area contributed by atoms with Crippen LogP contribution in [0, 0.1) is 11.3 Å². The van der Waals surface area contributed by atoms with Gasteiger partial charge in [0.05, 0.1) is 0 Å². The molecule has 0 saturated carbocycles. The number of halogens is 7. The summed E-state index contributed by atoms with van der Waals surface area (Å²) in [5.41, 5.74) is -1.08. The highest BCUT2D eigenvalue weighted by atomic mass is 32.5. The van der Waals surface area contributed by atoms with E-state index in [1.54, 1.807) is 0 Å². The Bertz CT molecular complexity index is 481. The zero-order chi connectivity index (χ0) is 13.6. The van der Waals surface area contributed by atoms with Gasteiger partial charge in [0.15, 0.2) is 0 Å². The number of benzene rings is 1. The lowest BCUT2D eigenvalue weighted by molar-refractivity contribution is 0.0612. The van der Waals surface area contributed by atoms with Gasteiger partial charge in [0.25, 0.3) is 0 Å². The molecule has 0 heterocycles. The Morgan fingerprint density at radius 3 is 1.65 bits per heavy atom. The summed E-state index contributed by atoms with van der Waals surface area (Å²) < 4.78 is 86.4. The Morgan fingerprint density at radius 2 is 1.35 bits per heavy atom. The predicted octanol–water partition coefficient (Wildman–Crippen LogP) is 4.96. The van der Waals surface area contributed by atoms with Crippen molar-refractivity contribution in [3.05, 3.63) is 29.8 Å². The van der Waals surface area contributed by atoms with Gasteiger partial charge in [0.2, 0.25) is 0 Å². The first-order valence-electron chi connectivity index (χ1n) is 3.90. The first-order chi connectivity index (χ1) is 7.26. The molecule has 96 valence electrons. The molecule has 0 atom stereocenters. The van der Waals surface area contributed by atoms with Crippen molar-refractivity contribution in [1.82, 2.24) is 0 Å². The molecule has 0 aliphatic rings. The van der Waals surface area contributed by atoms with Crippen molar-refractivity contribution in [2.75, 3.05) is 0 Å². The molecule has 0 amide bonds. The van der Waals surface area contributed by atoms with Crippen LogP contribution in [0.4, 0.5) is 28.2 Å². The molecule has 0 spiro atoms. The maximum absolute atomic E-state index is 12.7. The maximum atomic E-state index is 12.7. The fraction of sp³-hybridized carbons (Fsp3) is 0.125. The van der Waals surface area contributed by atoms with E-state index in [1.807, 2.05) is 0 Å². The Labute approximate surface area is 91.2 Å². The minimum absolute atomic E-state index is 0.149. The fourth-order valence-corrected chi connectivity index (χ4v) is 1.64. The summed E-state index contributed by atoms with van der Waals surface area (Å²) in [6.07, 6.45) is 0. The number of hydrogen-bond donors (Lipinski definition) is 0. The lowest BCUT2D eigenvalue weighted by Crippen LogP contribution is -2.11. The van der Waals surface area contributed by atoms with Gasteiger partial charge < -0.3 is 0 Å². The van der Waals surface area contributed by atoms with Crippen LogP contribution in [0.5, 0.6) is 0 Å². The van der Waals surface area contributed by atoms with Gasteiger partial charge in [-0.15, -0.1) is 0 Å². The van der Waals surface area contributed by atoms with Gasteiger partial charge in [-0.1, -0.05) is 31.6 Å². The van der Waals surface area contributed by atoms with Gasteiger partial charge in [0.1, 0.15) is 11.0 Å². The third kappa shape index (κ3) is 3.03. The third-order valence-electron chi connectivity index (χ3n) is 1.80. The fourth-order valence-electron chi connectivity index (χ4n) is 0.986. The van der Waals surface area contributed by atoms with Crippen LogP contribution in [-0.4, -0.2) is 0 Å².